The monoisotopic (exact) mass is 361 g/mol. The van der Waals surface area contributed by atoms with Gasteiger partial charge in [-0.25, -0.2) is 19.9 Å². The first-order valence-electron chi connectivity index (χ1n) is 8.62. The second kappa shape index (κ2) is 7.58. The molecule has 3 heterocycles. The molecule has 4 aromatic rings. The lowest BCUT2D eigenvalue weighted by Gasteiger charge is -2.09. The Balaban J connectivity index is 1.55. The van der Waals surface area contributed by atoms with Gasteiger partial charge in [0.1, 0.15) is 22.7 Å². The van der Waals surface area contributed by atoms with Crippen LogP contribution in [0.2, 0.25) is 0 Å². The van der Waals surface area contributed by atoms with Crippen LogP contribution >= 0.6 is 11.3 Å². The van der Waals surface area contributed by atoms with Gasteiger partial charge in [-0.3, -0.25) is 0 Å². The highest BCUT2D eigenvalue weighted by Gasteiger charge is 2.12. The number of nitrogens with one attached hydrogen (secondary N) is 1. The number of nitrogens with zero attached hydrogens (tertiary/aromatic N) is 4. The maximum Gasteiger partial charge on any atom is 0.181 e. The molecule has 6 heteroatoms. The van der Waals surface area contributed by atoms with Crippen molar-refractivity contribution >= 4 is 27.4 Å². The Morgan fingerprint density at radius 2 is 1.96 bits per heavy atom. The van der Waals surface area contributed by atoms with E-state index in [9.17, 15) is 0 Å². The molecule has 4 rings (SSSR count). The Hall–Kier alpha value is -2.86. The second-order valence-corrected chi connectivity index (χ2v) is 7.32. The smallest absolute Gasteiger partial charge is 0.181 e. The summed E-state index contributed by atoms with van der Waals surface area (Å²) in [6.45, 7) is 2.95. The average molecular weight is 361 g/mol. The lowest BCUT2D eigenvalue weighted by Crippen LogP contribution is -2.06. The van der Waals surface area contributed by atoms with E-state index in [1.54, 1.807) is 17.5 Å². The van der Waals surface area contributed by atoms with Crippen molar-refractivity contribution in [1.82, 2.24) is 19.9 Å². The van der Waals surface area contributed by atoms with E-state index in [-0.39, 0.29) is 0 Å². The normalized spacial score (nSPS) is 11.0. The summed E-state index contributed by atoms with van der Waals surface area (Å²) >= 11 is 1.68. The third kappa shape index (κ3) is 3.70. The molecule has 0 aliphatic rings. The summed E-state index contributed by atoms with van der Waals surface area (Å²) in [4.78, 5) is 19.9. The lowest BCUT2D eigenvalue weighted by molar-refractivity contribution is 0.860. The summed E-state index contributed by atoms with van der Waals surface area (Å²) in [6.07, 6.45) is 5.32. The van der Waals surface area contributed by atoms with E-state index in [0.29, 0.717) is 5.82 Å². The topological polar surface area (TPSA) is 63.6 Å². The first-order valence-corrected chi connectivity index (χ1v) is 9.43. The first kappa shape index (κ1) is 16.6. The number of anilines is 1. The SMILES string of the molecule is Cc1cc2c(NCCCc3ccccc3)nc(-c3ccncn3)nc2s1. The molecule has 1 aromatic carbocycles. The summed E-state index contributed by atoms with van der Waals surface area (Å²) < 4.78 is 0. The van der Waals surface area contributed by atoms with Crippen LogP contribution in [0.5, 0.6) is 0 Å². The predicted molar refractivity (Wildman–Crippen MR) is 106 cm³/mol. The molecule has 0 saturated carbocycles. The Bertz CT molecular complexity index is 999. The third-order valence-corrected chi connectivity index (χ3v) is 5.05. The van der Waals surface area contributed by atoms with Crippen LogP contribution in [-0.2, 0) is 6.42 Å². The van der Waals surface area contributed by atoms with Crippen molar-refractivity contribution < 1.29 is 0 Å². The lowest BCUT2D eigenvalue weighted by atomic mass is 10.1. The molecule has 0 aliphatic carbocycles. The van der Waals surface area contributed by atoms with Crippen LogP contribution in [0.4, 0.5) is 5.82 Å². The van der Waals surface area contributed by atoms with E-state index in [0.717, 1.165) is 41.1 Å². The van der Waals surface area contributed by atoms with E-state index >= 15 is 0 Å². The van der Waals surface area contributed by atoms with Gasteiger partial charge in [-0.2, -0.15) is 0 Å². The number of thiophene rings is 1. The molecule has 5 nitrogen and oxygen atoms in total. The molecular weight excluding hydrogens is 342 g/mol. The van der Waals surface area contributed by atoms with Gasteiger partial charge in [0.2, 0.25) is 0 Å². The number of aromatic nitrogens is 4. The van der Waals surface area contributed by atoms with Crippen LogP contribution in [0, 0.1) is 6.92 Å². The van der Waals surface area contributed by atoms with Gasteiger partial charge in [-0.15, -0.1) is 11.3 Å². The molecule has 0 radical (unpaired) electrons. The molecule has 0 aliphatic heterocycles. The number of hydrogen-bond acceptors (Lipinski definition) is 6. The highest BCUT2D eigenvalue weighted by molar-refractivity contribution is 7.18. The predicted octanol–water partition coefficient (Wildman–Crippen LogP) is 4.50. The quantitative estimate of drug-likeness (QED) is 0.512. The highest BCUT2D eigenvalue weighted by Crippen LogP contribution is 2.30. The maximum absolute atomic E-state index is 4.72. The number of benzene rings is 1. The summed E-state index contributed by atoms with van der Waals surface area (Å²) in [5.74, 6) is 1.51. The fraction of sp³-hybridized carbons (Fsp3) is 0.200. The Morgan fingerprint density at radius 3 is 2.77 bits per heavy atom. The van der Waals surface area contributed by atoms with Gasteiger partial charge in [0.15, 0.2) is 5.82 Å². The molecule has 0 amide bonds. The van der Waals surface area contributed by atoms with Gasteiger partial charge in [0.25, 0.3) is 0 Å². The Morgan fingerprint density at radius 1 is 1.08 bits per heavy atom. The van der Waals surface area contributed by atoms with E-state index in [1.807, 2.05) is 12.1 Å². The van der Waals surface area contributed by atoms with Crippen LogP contribution < -0.4 is 5.32 Å². The van der Waals surface area contributed by atoms with E-state index in [4.69, 9.17) is 4.98 Å². The summed E-state index contributed by atoms with van der Waals surface area (Å²) in [5.41, 5.74) is 2.09. The maximum atomic E-state index is 4.72. The van der Waals surface area contributed by atoms with Crippen LogP contribution in [0.1, 0.15) is 16.9 Å². The second-order valence-electron chi connectivity index (χ2n) is 6.08. The zero-order valence-corrected chi connectivity index (χ0v) is 15.3. The van der Waals surface area contributed by atoms with Crippen LogP contribution in [0.15, 0.2) is 55.0 Å². The molecule has 0 saturated heterocycles. The molecule has 26 heavy (non-hydrogen) atoms. The van der Waals surface area contributed by atoms with Crippen molar-refractivity contribution in [3.63, 3.8) is 0 Å². The summed E-state index contributed by atoms with van der Waals surface area (Å²) in [7, 11) is 0. The Kier molecular flexibility index (Phi) is 4.84. The van der Waals surface area contributed by atoms with Crippen molar-refractivity contribution in [2.24, 2.45) is 0 Å². The minimum absolute atomic E-state index is 0.632. The van der Waals surface area contributed by atoms with E-state index in [2.05, 4.69) is 57.5 Å². The third-order valence-electron chi connectivity index (χ3n) is 4.10. The number of hydrogen-bond donors (Lipinski definition) is 1. The molecule has 0 spiro atoms. The number of rotatable bonds is 6. The number of fused-ring (bicyclic) bond motifs is 1. The summed E-state index contributed by atoms with van der Waals surface area (Å²) in [6, 6.07) is 14.5. The van der Waals surface area contributed by atoms with Crippen LogP contribution in [0.3, 0.4) is 0 Å². The van der Waals surface area contributed by atoms with Gasteiger partial charge in [-0.05, 0) is 37.5 Å². The molecule has 0 unspecified atom stereocenters. The van der Waals surface area contributed by atoms with Gasteiger partial charge in [-0.1, -0.05) is 30.3 Å². The fourth-order valence-electron chi connectivity index (χ4n) is 2.86. The van der Waals surface area contributed by atoms with E-state index < -0.39 is 0 Å². The van der Waals surface area contributed by atoms with Crippen molar-refractivity contribution in [3.8, 4) is 11.5 Å². The van der Waals surface area contributed by atoms with Gasteiger partial charge < -0.3 is 5.32 Å². The van der Waals surface area contributed by atoms with Crippen LogP contribution in [-0.4, -0.2) is 26.5 Å². The summed E-state index contributed by atoms with van der Waals surface area (Å²) in [5, 5.41) is 4.57. The highest BCUT2D eigenvalue weighted by atomic mass is 32.1. The van der Waals surface area contributed by atoms with Gasteiger partial charge >= 0.3 is 0 Å². The van der Waals surface area contributed by atoms with E-state index in [1.165, 1.54) is 16.8 Å². The number of aryl methyl sites for hydroxylation is 2. The van der Waals surface area contributed by atoms with Crippen molar-refractivity contribution in [3.05, 3.63) is 65.4 Å². The van der Waals surface area contributed by atoms with Gasteiger partial charge in [0, 0.05) is 17.6 Å². The zero-order chi connectivity index (χ0) is 17.8. The van der Waals surface area contributed by atoms with Crippen molar-refractivity contribution in [2.75, 3.05) is 11.9 Å². The minimum atomic E-state index is 0.632. The van der Waals surface area contributed by atoms with Crippen molar-refractivity contribution in [1.29, 1.82) is 0 Å². The minimum Gasteiger partial charge on any atom is -0.369 e. The first-order chi connectivity index (χ1) is 12.8. The molecular formula is C20H19N5S. The molecule has 1 N–H and O–H groups in total. The Labute approximate surface area is 156 Å². The van der Waals surface area contributed by atoms with Crippen molar-refractivity contribution in [2.45, 2.75) is 19.8 Å². The largest absolute Gasteiger partial charge is 0.369 e. The van der Waals surface area contributed by atoms with Crippen LogP contribution in [0.25, 0.3) is 21.7 Å². The molecule has 0 atom stereocenters. The fourth-order valence-corrected chi connectivity index (χ4v) is 3.74. The molecule has 0 fully saturated rings. The zero-order valence-electron chi connectivity index (χ0n) is 14.5. The van der Waals surface area contributed by atoms with Gasteiger partial charge in [0.05, 0.1) is 5.39 Å². The standard InChI is InChI=1S/C20H19N5S/c1-14-12-16-18(22-10-5-8-15-6-3-2-4-7-15)24-19(25-20(16)26-14)17-9-11-21-13-23-17/h2-4,6-7,9,11-13H,5,8,10H2,1H3,(H,22,24,25). The molecule has 130 valence electrons. The molecule has 0 bridgehead atoms. The molecule has 3 aromatic heterocycles. The average Bonchev–Trinajstić information content (AvgIpc) is 3.07.